The third-order valence-electron chi connectivity index (χ3n) is 5.70. The Morgan fingerprint density at radius 3 is 2.52 bits per heavy atom. The molecule has 4 aromatic rings. The summed E-state index contributed by atoms with van der Waals surface area (Å²) in [6, 6.07) is 19.1. The van der Waals surface area contributed by atoms with Crippen molar-refractivity contribution in [2.75, 3.05) is 13.2 Å². The van der Waals surface area contributed by atoms with E-state index in [1.54, 1.807) is 11.2 Å². The molecule has 1 atom stereocenters. The van der Waals surface area contributed by atoms with Crippen LogP contribution in [0.5, 0.6) is 11.5 Å². The molecule has 1 N–H and O–H groups in total. The van der Waals surface area contributed by atoms with Crippen LogP contribution in [0.1, 0.15) is 47.3 Å². The monoisotopic (exact) mass is 443 g/mol. The Morgan fingerprint density at radius 2 is 1.79 bits per heavy atom. The van der Waals surface area contributed by atoms with Crippen LogP contribution in [0, 0.1) is 0 Å². The summed E-state index contributed by atoms with van der Waals surface area (Å²) in [5.74, 6) is 1.93. The SMILES string of the molecule is CCOc1ccc(C2c3c(-c4ccccc4)n[nH]c3C(=O)N2Cc2ccco2)cc1OCC. The van der Waals surface area contributed by atoms with Crippen LogP contribution >= 0.6 is 0 Å². The maximum absolute atomic E-state index is 13.5. The Balaban J connectivity index is 1.65. The molecule has 2 aromatic heterocycles. The molecule has 7 heteroatoms. The molecule has 1 amide bonds. The number of rotatable bonds is 8. The number of aromatic nitrogens is 2. The zero-order valence-electron chi connectivity index (χ0n) is 18.6. The van der Waals surface area contributed by atoms with Crippen LogP contribution < -0.4 is 9.47 Å². The van der Waals surface area contributed by atoms with Gasteiger partial charge in [0.15, 0.2) is 11.5 Å². The van der Waals surface area contributed by atoms with Gasteiger partial charge in [0.05, 0.1) is 37.8 Å². The largest absolute Gasteiger partial charge is 0.490 e. The fraction of sp³-hybridized carbons (Fsp3) is 0.231. The fourth-order valence-corrected chi connectivity index (χ4v) is 4.33. The molecule has 7 nitrogen and oxygen atoms in total. The highest BCUT2D eigenvalue weighted by Gasteiger charge is 2.42. The van der Waals surface area contributed by atoms with Crippen molar-refractivity contribution in [1.82, 2.24) is 15.1 Å². The number of carbonyl (C=O) groups is 1. The Bertz CT molecular complexity index is 1250. The molecule has 1 aliphatic heterocycles. The van der Waals surface area contributed by atoms with E-state index >= 15 is 0 Å². The predicted octanol–water partition coefficient (Wildman–Crippen LogP) is 5.21. The molecule has 0 fully saturated rings. The molecule has 2 aromatic carbocycles. The summed E-state index contributed by atoms with van der Waals surface area (Å²) in [4.78, 5) is 15.3. The van der Waals surface area contributed by atoms with Gasteiger partial charge >= 0.3 is 0 Å². The molecule has 0 radical (unpaired) electrons. The number of hydrogen-bond donors (Lipinski definition) is 1. The van der Waals surface area contributed by atoms with Crippen molar-refractivity contribution in [2.24, 2.45) is 0 Å². The maximum atomic E-state index is 13.5. The highest BCUT2D eigenvalue weighted by molar-refractivity contribution is 6.00. The molecule has 5 rings (SSSR count). The summed E-state index contributed by atoms with van der Waals surface area (Å²) < 4.78 is 17.2. The average molecular weight is 444 g/mol. The Hall–Kier alpha value is -4.00. The predicted molar refractivity (Wildman–Crippen MR) is 123 cm³/mol. The summed E-state index contributed by atoms with van der Waals surface area (Å²) in [5.41, 5.74) is 3.97. The molecule has 0 saturated heterocycles. The lowest BCUT2D eigenvalue weighted by atomic mass is 9.95. The van der Waals surface area contributed by atoms with Crippen molar-refractivity contribution in [1.29, 1.82) is 0 Å². The minimum Gasteiger partial charge on any atom is -0.490 e. The number of furan rings is 1. The molecule has 0 bridgehead atoms. The molecule has 0 aliphatic carbocycles. The number of benzene rings is 2. The molecule has 1 unspecified atom stereocenters. The second kappa shape index (κ2) is 8.86. The average Bonchev–Trinajstić information content (AvgIpc) is 3.56. The third-order valence-corrected chi connectivity index (χ3v) is 5.70. The number of nitrogens with zero attached hydrogens (tertiary/aromatic N) is 2. The van der Waals surface area contributed by atoms with E-state index in [1.165, 1.54) is 0 Å². The highest BCUT2D eigenvalue weighted by atomic mass is 16.5. The van der Waals surface area contributed by atoms with Crippen LogP contribution in [0.15, 0.2) is 71.3 Å². The van der Waals surface area contributed by atoms with E-state index in [0.717, 1.165) is 22.4 Å². The van der Waals surface area contributed by atoms with Crippen molar-refractivity contribution in [3.05, 3.63) is 89.5 Å². The second-order valence-corrected chi connectivity index (χ2v) is 7.71. The Labute approximate surface area is 191 Å². The van der Waals surface area contributed by atoms with E-state index in [2.05, 4.69) is 10.2 Å². The van der Waals surface area contributed by atoms with Crippen LogP contribution in [0.2, 0.25) is 0 Å². The molecule has 1 aliphatic rings. The lowest BCUT2D eigenvalue weighted by Crippen LogP contribution is -2.29. The normalized spacial score (nSPS) is 15.0. The fourth-order valence-electron chi connectivity index (χ4n) is 4.33. The molecular formula is C26H25N3O4. The van der Waals surface area contributed by atoms with Crippen molar-refractivity contribution < 1.29 is 18.7 Å². The van der Waals surface area contributed by atoms with Gasteiger partial charge in [0.25, 0.3) is 5.91 Å². The van der Waals surface area contributed by atoms with Crippen LogP contribution in [0.3, 0.4) is 0 Å². The summed E-state index contributed by atoms with van der Waals surface area (Å²) in [5, 5.41) is 7.51. The van der Waals surface area contributed by atoms with E-state index in [1.807, 2.05) is 74.5 Å². The number of hydrogen-bond acceptors (Lipinski definition) is 5. The first-order valence-electron chi connectivity index (χ1n) is 11.1. The van der Waals surface area contributed by atoms with Crippen LogP contribution in [-0.4, -0.2) is 34.2 Å². The number of ether oxygens (including phenoxy) is 2. The van der Waals surface area contributed by atoms with Gasteiger partial charge in [-0.2, -0.15) is 5.10 Å². The van der Waals surface area contributed by atoms with Crippen LogP contribution in [0.4, 0.5) is 0 Å². The molecule has 168 valence electrons. The quantitative estimate of drug-likeness (QED) is 0.404. The first-order chi connectivity index (χ1) is 16.2. The summed E-state index contributed by atoms with van der Waals surface area (Å²) in [7, 11) is 0. The van der Waals surface area contributed by atoms with Gasteiger partial charge in [-0.3, -0.25) is 9.89 Å². The third kappa shape index (κ3) is 3.75. The maximum Gasteiger partial charge on any atom is 0.273 e. The van der Waals surface area contributed by atoms with Crippen molar-refractivity contribution in [2.45, 2.75) is 26.4 Å². The number of nitrogens with one attached hydrogen (secondary N) is 1. The number of fused-ring (bicyclic) bond motifs is 1. The molecule has 3 heterocycles. The topological polar surface area (TPSA) is 80.6 Å². The van der Waals surface area contributed by atoms with E-state index in [4.69, 9.17) is 13.9 Å². The van der Waals surface area contributed by atoms with Crippen molar-refractivity contribution >= 4 is 5.91 Å². The number of H-pyrrole nitrogens is 1. The van der Waals surface area contributed by atoms with Gasteiger partial charge in [0.2, 0.25) is 0 Å². The van der Waals surface area contributed by atoms with Gasteiger partial charge < -0.3 is 18.8 Å². The molecule has 0 spiro atoms. The van der Waals surface area contributed by atoms with Gasteiger partial charge in [-0.1, -0.05) is 36.4 Å². The zero-order valence-corrected chi connectivity index (χ0v) is 18.6. The lowest BCUT2D eigenvalue weighted by Gasteiger charge is -2.26. The van der Waals surface area contributed by atoms with Gasteiger partial charge in [0, 0.05) is 11.1 Å². The number of amides is 1. The van der Waals surface area contributed by atoms with E-state index in [9.17, 15) is 4.79 Å². The van der Waals surface area contributed by atoms with E-state index in [-0.39, 0.29) is 11.9 Å². The summed E-state index contributed by atoms with van der Waals surface area (Å²) in [6.07, 6.45) is 1.62. The van der Waals surface area contributed by atoms with Crippen molar-refractivity contribution in [3.8, 4) is 22.8 Å². The van der Waals surface area contributed by atoms with Gasteiger partial charge in [-0.25, -0.2) is 0 Å². The Kier molecular flexibility index (Phi) is 5.60. The minimum atomic E-state index is -0.360. The zero-order chi connectivity index (χ0) is 22.8. The summed E-state index contributed by atoms with van der Waals surface area (Å²) in [6.45, 7) is 5.26. The van der Waals surface area contributed by atoms with Crippen LogP contribution in [-0.2, 0) is 6.54 Å². The molecular weight excluding hydrogens is 418 g/mol. The Morgan fingerprint density at radius 1 is 1.00 bits per heavy atom. The second-order valence-electron chi connectivity index (χ2n) is 7.71. The standard InChI is InChI=1S/C26H25N3O4/c1-3-31-20-13-12-18(15-21(20)32-4-2)25-22-23(17-9-6-5-7-10-17)27-28-24(22)26(30)29(25)16-19-11-8-14-33-19/h5-15,25H,3-4,16H2,1-2H3,(H,27,28). The van der Waals surface area contributed by atoms with Gasteiger partial charge in [-0.15, -0.1) is 0 Å². The molecule has 0 saturated carbocycles. The first-order valence-corrected chi connectivity index (χ1v) is 11.1. The molecule has 33 heavy (non-hydrogen) atoms. The summed E-state index contributed by atoms with van der Waals surface area (Å²) >= 11 is 0. The van der Waals surface area contributed by atoms with Gasteiger partial charge in [-0.05, 0) is 43.7 Å². The van der Waals surface area contributed by atoms with Crippen molar-refractivity contribution in [3.63, 3.8) is 0 Å². The van der Waals surface area contributed by atoms with Gasteiger partial charge in [0.1, 0.15) is 11.5 Å². The lowest BCUT2D eigenvalue weighted by molar-refractivity contribution is 0.0716. The first kappa shape index (κ1) is 20.9. The number of aromatic amines is 1. The minimum absolute atomic E-state index is 0.118. The smallest absolute Gasteiger partial charge is 0.273 e. The number of carbonyl (C=O) groups excluding carboxylic acids is 1. The highest BCUT2D eigenvalue weighted by Crippen LogP contribution is 2.45. The van der Waals surface area contributed by atoms with Crippen LogP contribution in [0.25, 0.3) is 11.3 Å². The van der Waals surface area contributed by atoms with E-state index < -0.39 is 0 Å². The van der Waals surface area contributed by atoms with E-state index in [0.29, 0.717) is 42.7 Å².